The molecule has 2 amide bonds. The van der Waals surface area contributed by atoms with Gasteiger partial charge in [0.25, 0.3) is 5.91 Å². The molecule has 9 heteroatoms. The fourth-order valence-electron chi connectivity index (χ4n) is 3.68. The van der Waals surface area contributed by atoms with Crippen LogP contribution in [0.1, 0.15) is 17.5 Å². The number of rotatable bonds is 6. The van der Waals surface area contributed by atoms with E-state index in [0.29, 0.717) is 5.56 Å². The first-order valence-corrected chi connectivity index (χ1v) is 11.6. The van der Waals surface area contributed by atoms with Crippen LogP contribution in [-0.4, -0.2) is 30.6 Å². The number of carbonyl (C=O) groups excluding carboxylic acids is 2. The Morgan fingerprint density at radius 1 is 0.879 bits per heavy atom. The molecule has 0 radical (unpaired) electrons. The highest BCUT2D eigenvalue weighted by Gasteiger charge is 2.47. The summed E-state index contributed by atoms with van der Waals surface area (Å²) in [5, 5.41) is 0. The highest BCUT2D eigenvalue weighted by Crippen LogP contribution is 2.31. The maximum atomic E-state index is 13.5. The number of carbonyl (C=O) groups is 2. The molecule has 1 unspecified atom stereocenters. The average molecular weight is 470 g/mol. The van der Waals surface area contributed by atoms with Crippen molar-refractivity contribution < 1.29 is 26.8 Å². The lowest BCUT2D eigenvalue weighted by atomic mass is 10.1. The standard InChI is InChI=1S/C24H20F2N2O4S/c1-16-2-4-17(5-3-16)15-27(33(31,32)21-12-8-19(26)9-13-21)22-14-23(29)28(24(22)30)20-10-6-18(25)7-11-20/h2-13,22H,14-15H2,1H3. The molecular formula is C24H20F2N2O4S. The molecule has 0 aromatic heterocycles. The van der Waals surface area contributed by atoms with E-state index in [0.717, 1.165) is 51.2 Å². The molecule has 1 atom stereocenters. The number of hydrogen-bond acceptors (Lipinski definition) is 4. The number of aryl methyl sites for hydroxylation is 1. The summed E-state index contributed by atoms with van der Waals surface area (Å²) in [4.78, 5) is 26.7. The number of anilines is 1. The second kappa shape index (κ2) is 8.84. The van der Waals surface area contributed by atoms with Crippen LogP contribution in [0.15, 0.2) is 77.7 Å². The number of nitrogens with zero attached hydrogens (tertiary/aromatic N) is 2. The van der Waals surface area contributed by atoms with Gasteiger partial charge in [-0.3, -0.25) is 9.59 Å². The lowest BCUT2D eigenvalue weighted by molar-refractivity contribution is -0.122. The molecular weight excluding hydrogens is 450 g/mol. The molecule has 1 aliphatic heterocycles. The first-order valence-electron chi connectivity index (χ1n) is 10.1. The summed E-state index contributed by atoms with van der Waals surface area (Å²) < 4.78 is 54.7. The fourth-order valence-corrected chi connectivity index (χ4v) is 5.25. The molecule has 33 heavy (non-hydrogen) atoms. The maximum absolute atomic E-state index is 13.5. The molecule has 0 bridgehead atoms. The highest BCUT2D eigenvalue weighted by molar-refractivity contribution is 7.89. The Bertz CT molecular complexity index is 1290. The topological polar surface area (TPSA) is 74.8 Å². The van der Waals surface area contributed by atoms with Gasteiger partial charge in [0.05, 0.1) is 17.0 Å². The minimum atomic E-state index is -4.27. The van der Waals surface area contributed by atoms with Gasteiger partial charge in [-0.25, -0.2) is 22.1 Å². The van der Waals surface area contributed by atoms with Crippen LogP contribution in [0.5, 0.6) is 0 Å². The average Bonchev–Trinajstić information content (AvgIpc) is 3.07. The molecule has 0 saturated carbocycles. The van der Waals surface area contributed by atoms with Crippen molar-refractivity contribution in [1.82, 2.24) is 4.31 Å². The van der Waals surface area contributed by atoms with Crippen molar-refractivity contribution in [2.45, 2.75) is 30.8 Å². The maximum Gasteiger partial charge on any atom is 0.252 e. The molecule has 6 nitrogen and oxygen atoms in total. The first-order chi connectivity index (χ1) is 15.7. The number of benzene rings is 3. The second-order valence-electron chi connectivity index (χ2n) is 7.75. The van der Waals surface area contributed by atoms with E-state index in [1.807, 2.05) is 19.1 Å². The van der Waals surface area contributed by atoms with E-state index in [1.54, 1.807) is 12.1 Å². The van der Waals surface area contributed by atoms with E-state index in [-0.39, 0.29) is 23.5 Å². The molecule has 170 valence electrons. The molecule has 0 aliphatic carbocycles. The molecule has 3 aromatic rings. The van der Waals surface area contributed by atoms with E-state index in [4.69, 9.17) is 0 Å². The lowest BCUT2D eigenvalue weighted by Gasteiger charge is -2.27. The number of sulfonamides is 1. The van der Waals surface area contributed by atoms with Crippen molar-refractivity contribution in [2.24, 2.45) is 0 Å². The van der Waals surface area contributed by atoms with Gasteiger partial charge in [0, 0.05) is 6.54 Å². The van der Waals surface area contributed by atoms with Gasteiger partial charge in [-0.1, -0.05) is 29.8 Å². The Morgan fingerprint density at radius 3 is 2.00 bits per heavy atom. The van der Waals surface area contributed by atoms with E-state index in [1.165, 1.54) is 12.1 Å². The Kier molecular flexibility index (Phi) is 6.09. The number of hydrogen-bond donors (Lipinski definition) is 0. The number of imide groups is 1. The minimum absolute atomic E-state index is 0.156. The van der Waals surface area contributed by atoms with Crippen molar-refractivity contribution in [3.05, 3.63) is 95.6 Å². The SMILES string of the molecule is Cc1ccc(CN(C2CC(=O)N(c3ccc(F)cc3)C2=O)S(=O)(=O)c2ccc(F)cc2)cc1. The third-order valence-electron chi connectivity index (χ3n) is 5.43. The zero-order valence-corrected chi connectivity index (χ0v) is 18.4. The Labute approximate surface area is 190 Å². The van der Waals surface area contributed by atoms with Crippen LogP contribution in [0.2, 0.25) is 0 Å². The van der Waals surface area contributed by atoms with E-state index < -0.39 is 39.5 Å². The molecule has 1 fully saturated rings. The monoisotopic (exact) mass is 470 g/mol. The van der Waals surface area contributed by atoms with Crippen molar-refractivity contribution in [3.8, 4) is 0 Å². The summed E-state index contributed by atoms with van der Waals surface area (Å²) in [6, 6.07) is 14.9. The van der Waals surface area contributed by atoms with Gasteiger partial charge in [0.1, 0.15) is 17.7 Å². The smallest absolute Gasteiger partial charge is 0.252 e. The Balaban J connectivity index is 1.74. The van der Waals surface area contributed by atoms with Crippen LogP contribution < -0.4 is 4.90 Å². The van der Waals surface area contributed by atoms with Gasteiger partial charge in [-0.15, -0.1) is 0 Å². The van der Waals surface area contributed by atoms with Gasteiger partial charge < -0.3 is 0 Å². The van der Waals surface area contributed by atoms with Crippen LogP contribution in [-0.2, 0) is 26.2 Å². The molecule has 4 rings (SSSR count). The van der Waals surface area contributed by atoms with E-state index in [9.17, 15) is 26.8 Å². The van der Waals surface area contributed by atoms with Gasteiger partial charge in [0.15, 0.2) is 0 Å². The van der Waals surface area contributed by atoms with Crippen LogP contribution in [0.25, 0.3) is 0 Å². The molecule has 0 N–H and O–H groups in total. The van der Waals surface area contributed by atoms with Gasteiger partial charge in [-0.05, 0) is 61.0 Å². The first kappa shape index (κ1) is 22.8. The predicted molar refractivity (Wildman–Crippen MR) is 118 cm³/mol. The summed E-state index contributed by atoms with van der Waals surface area (Å²) in [5.41, 5.74) is 1.75. The highest BCUT2D eigenvalue weighted by atomic mass is 32.2. The zero-order valence-electron chi connectivity index (χ0n) is 17.6. The van der Waals surface area contributed by atoms with Gasteiger partial charge >= 0.3 is 0 Å². The van der Waals surface area contributed by atoms with Crippen molar-refractivity contribution >= 4 is 27.5 Å². The summed E-state index contributed by atoms with van der Waals surface area (Å²) in [6.07, 6.45) is -0.373. The summed E-state index contributed by atoms with van der Waals surface area (Å²) in [7, 11) is -4.27. The van der Waals surface area contributed by atoms with Crippen molar-refractivity contribution in [1.29, 1.82) is 0 Å². The second-order valence-corrected chi connectivity index (χ2v) is 9.64. The summed E-state index contributed by atoms with van der Waals surface area (Å²) >= 11 is 0. The van der Waals surface area contributed by atoms with Crippen LogP contribution in [0, 0.1) is 18.6 Å². The third-order valence-corrected chi connectivity index (χ3v) is 7.30. The van der Waals surface area contributed by atoms with Crippen LogP contribution >= 0.6 is 0 Å². The minimum Gasteiger partial charge on any atom is -0.274 e. The van der Waals surface area contributed by atoms with Crippen molar-refractivity contribution in [2.75, 3.05) is 4.90 Å². The molecule has 1 aliphatic rings. The number of amides is 2. The molecule has 1 saturated heterocycles. The lowest BCUT2D eigenvalue weighted by Crippen LogP contribution is -2.45. The third kappa shape index (κ3) is 4.55. The summed E-state index contributed by atoms with van der Waals surface area (Å²) in [6.45, 7) is 1.72. The molecule has 0 spiro atoms. The van der Waals surface area contributed by atoms with Crippen LogP contribution in [0.4, 0.5) is 14.5 Å². The number of halogens is 2. The Hall–Kier alpha value is -3.43. The Morgan fingerprint density at radius 2 is 1.42 bits per heavy atom. The largest absolute Gasteiger partial charge is 0.274 e. The molecule has 3 aromatic carbocycles. The van der Waals surface area contributed by atoms with E-state index in [2.05, 4.69) is 0 Å². The van der Waals surface area contributed by atoms with Gasteiger partial charge in [0.2, 0.25) is 15.9 Å². The quantitative estimate of drug-likeness (QED) is 0.514. The summed E-state index contributed by atoms with van der Waals surface area (Å²) in [5.74, 6) is -2.47. The normalized spacial score (nSPS) is 16.6. The van der Waals surface area contributed by atoms with Gasteiger partial charge in [-0.2, -0.15) is 4.31 Å². The fraction of sp³-hybridized carbons (Fsp3) is 0.167. The predicted octanol–water partition coefficient (Wildman–Crippen LogP) is 3.80. The molecule has 1 heterocycles. The van der Waals surface area contributed by atoms with Crippen molar-refractivity contribution in [3.63, 3.8) is 0 Å². The van der Waals surface area contributed by atoms with Crippen LogP contribution in [0.3, 0.4) is 0 Å². The van der Waals surface area contributed by atoms with E-state index >= 15 is 0 Å². The zero-order chi connectivity index (χ0) is 23.8.